The largest absolute Gasteiger partial charge is 0.490 e. The van der Waals surface area contributed by atoms with Crippen molar-refractivity contribution in [1.29, 1.82) is 0 Å². The summed E-state index contributed by atoms with van der Waals surface area (Å²) in [5, 5.41) is 0. The van der Waals surface area contributed by atoms with E-state index >= 15 is 0 Å². The molecule has 0 saturated carbocycles. The van der Waals surface area contributed by atoms with Gasteiger partial charge in [0.15, 0.2) is 0 Å². The maximum Gasteiger partial charge on any atom is 0.125 e. The van der Waals surface area contributed by atoms with Crippen LogP contribution in [0.4, 0.5) is 0 Å². The molecule has 0 fully saturated rings. The van der Waals surface area contributed by atoms with Gasteiger partial charge in [-0.2, -0.15) is 0 Å². The van der Waals surface area contributed by atoms with E-state index in [4.69, 9.17) is 9.72 Å². The van der Waals surface area contributed by atoms with Gasteiger partial charge < -0.3 is 4.74 Å². The van der Waals surface area contributed by atoms with Crippen molar-refractivity contribution in [3.05, 3.63) is 203 Å². The highest BCUT2D eigenvalue weighted by atomic mass is 16.5. The minimum absolute atomic E-state index is 0.128. The van der Waals surface area contributed by atoms with Gasteiger partial charge in [-0.3, -0.25) is 4.98 Å². The molecule has 1 aliphatic heterocycles. The lowest BCUT2D eigenvalue weighted by Crippen LogP contribution is -2.42. The molecule has 1 aromatic heterocycles. The van der Waals surface area contributed by atoms with E-state index in [2.05, 4.69) is 165 Å². The maximum absolute atomic E-state index is 6.79. The molecule has 7 aliphatic rings. The number of allylic oxidation sites excluding steroid dienone is 20. The molecular formula is C55H53NO. The van der Waals surface area contributed by atoms with Gasteiger partial charge in [0.25, 0.3) is 0 Å². The van der Waals surface area contributed by atoms with E-state index in [0.29, 0.717) is 17.8 Å². The van der Waals surface area contributed by atoms with Crippen molar-refractivity contribution in [2.45, 2.75) is 83.2 Å². The summed E-state index contributed by atoms with van der Waals surface area (Å²) >= 11 is 0. The third kappa shape index (κ3) is 6.58. The van der Waals surface area contributed by atoms with Gasteiger partial charge in [-0.15, -0.1) is 0 Å². The van der Waals surface area contributed by atoms with E-state index in [1.807, 2.05) is 0 Å². The second-order valence-corrected chi connectivity index (χ2v) is 16.9. The Morgan fingerprint density at radius 1 is 0.684 bits per heavy atom. The molecule has 2 heterocycles. The average Bonchev–Trinajstić information content (AvgIpc) is 3.29. The molecule has 3 aromatic rings. The second-order valence-electron chi connectivity index (χ2n) is 16.9. The maximum atomic E-state index is 6.79. The lowest BCUT2D eigenvalue weighted by atomic mass is 9.56. The van der Waals surface area contributed by atoms with Crippen molar-refractivity contribution in [3.63, 3.8) is 0 Å². The normalized spacial score (nSPS) is 27.5. The molecule has 6 aliphatic carbocycles. The molecular weight excluding hydrogens is 691 g/mol. The molecule has 57 heavy (non-hydrogen) atoms. The van der Waals surface area contributed by atoms with Crippen LogP contribution in [0.5, 0.6) is 0 Å². The van der Waals surface area contributed by atoms with E-state index < -0.39 is 0 Å². The van der Waals surface area contributed by atoms with E-state index in [1.165, 1.54) is 81.6 Å². The average molecular weight is 744 g/mol. The summed E-state index contributed by atoms with van der Waals surface area (Å²) in [5.41, 5.74) is 15.4. The Morgan fingerprint density at radius 2 is 1.51 bits per heavy atom. The Labute approximate surface area is 339 Å². The van der Waals surface area contributed by atoms with Crippen molar-refractivity contribution < 1.29 is 4.74 Å². The number of ether oxygens (including phenoxy) is 1. The SMILES string of the molecule is Cc1c(-c2ccc(C3=CC[C@@H](C4C=CC(C5(C6=CCCCC6)C6=CC=CCC6OC6=C5C=CCC6)=CC4)C=C3)cc2)cc(C2C=CC=CC2)nc1-c1ccccc1. The first kappa shape index (κ1) is 35.9. The molecule has 2 nitrogen and oxygen atoms in total. The number of hydrogen-bond acceptors (Lipinski definition) is 2. The fourth-order valence-corrected chi connectivity index (χ4v) is 10.6. The number of fused-ring (bicyclic) bond motifs is 1. The summed E-state index contributed by atoms with van der Waals surface area (Å²) < 4.78 is 6.79. The van der Waals surface area contributed by atoms with Crippen molar-refractivity contribution in [2.24, 2.45) is 17.3 Å². The van der Waals surface area contributed by atoms with Gasteiger partial charge in [-0.1, -0.05) is 157 Å². The topological polar surface area (TPSA) is 22.1 Å². The molecule has 0 bridgehead atoms. The number of rotatable bonds is 7. The number of hydrogen-bond donors (Lipinski definition) is 0. The summed E-state index contributed by atoms with van der Waals surface area (Å²) in [4.78, 5) is 5.24. The van der Waals surface area contributed by atoms with Crippen LogP contribution in [0.1, 0.15) is 86.9 Å². The van der Waals surface area contributed by atoms with Gasteiger partial charge in [0, 0.05) is 35.6 Å². The lowest BCUT2D eigenvalue weighted by molar-refractivity contribution is 0.104. The highest BCUT2D eigenvalue weighted by Crippen LogP contribution is 2.60. The van der Waals surface area contributed by atoms with Crippen LogP contribution in [0.3, 0.4) is 0 Å². The fourth-order valence-electron chi connectivity index (χ4n) is 10.6. The van der Waals surface area contributed by atoms with Gasteiger partial charge in [0.05, 0.1) is 11.1 Å². The first-order valence-corrected chi connectivity index (χ1v) is 21.6. The van der Waals surface area contributed by atoms with Crippen LogP contribution in [-0.4, -0.2) is 11.1 Å². The van der Waals surface area contributed by atoms with Crippen molar-refractivity contribution in [1.82, 2.24) is 4.98 Å². The summed E-state index contributed by atoms with van der Waals surface area (Å²) in [6.07, 6.45) is 49.4. The van der Waals surface area contributed by atoms with Crippen molar-refractivity contribution >= 4 is 5.57 Å². The van der Waals surface area contributed by atoms with Crippen LogP contribution in [-0.2, 0) is 4.74 Å². The summed E-state index contributed by atoms with van der Waals surface area (Å²) in [6, 6.07) is 22.2. The fraction of sp³-hybridized carbons (Fsp3) is 0.291. The third-order valence-electron chi connectivity index (χ3n) is 13.6. The predicted molar refractivity (Wildman–Crippen MR) is 237 cm³/mol. The van der Waals surface area contributed by atoms with Crippen LogP contribution < -0.4 is 0 Å². The van der Waals surface area contributed by atoms with Crippen LogP contribution in [0.25, 0.3) is 28.0 Å². The first-order valence-electron chi connectivity index (χ1n) is 21.6. The minimum Gasteiger partial charge on any atom is -0.490 e. The quantitative estimate of drug-likeness (QED) is 0.225. The Bertz CT molecular complexity index is 2400. The molecule has 0 spiro atoms. The van der Waals surface area contributed by atoms with E-state index in [1.54, 1.807) is 5.57 Å². The third-order valence-corrected chi connectivity index (χ3v) is 13.6. The van der Waals surface area contributed by atoms with E-state index in [-0.39, 0.29) is 11.5 Å². The van der Waals surface area contributed by atoms with Gasteiger partial charge >= 0.3 is 0 Å². The molecule has 4 unspecified atom stereocenters. The Balaban J connectivity index is 0.889. The van der Waals surface area contributed by atoms with Gasteiger partial charge in [0.1, 0.15) is 11.9 Å². The van der Waals surface area contributed by atoms with E-state index in [0.717, 1.165) is 49.9 Å². The molecule has 2 heteroatoms. The predicted octanol–water partition coefficient (Wildman–Crippen LogP) is 14.2. The van der Waals surface area contributed by atoms with E-state index in [9.17, 15) is 0 Å². The number of pyridine rings is 1. The zero-order valence-electron chi connectivity index (χ0n) is 33.2. The molecule has 5 atom stereocenters. The standard InChI is InChI=1S/C55H53NO/c1-38-48(37-51(44-15-5-2-6-16-44)56-54(38)45-17-7-3-8-18-45)43-31-29-41(30-32-43)39-25-27-40(28-26-39)42-33-35-47(36-34-42)55(46-19-9-4-10-20-46)49-21-11-13-23-52(49)57-53-24-14-12-22-50(53)55/h2-3,5-8,11-13,15,17-19,21-22,25-27,29-33,35-37,40,42,44,52H,4,9-10,14,16,20,23-24,28,34H2,1H3/t40-,42?,44?,52?,55?/m0/s1. The van der Waals surface area contributed by atoms with Gasteiger partial charge in [-0.25, -0.2) is 0 Å². The summed E-state index contributed by atoms with van der Waals surface area (Å²) in [5.74, 6) is 2.50. The van der Waals surface area contributed by atoms with Crippen LogP contribution >= 0.6 is 0 Å². The zero-order chi connectivity index (χ0) is 38.2. The second kappa shape index (κ2) is 15.5. The number of benzene rings is 2. The van der Waals surface area contributed by atoms with Crippen molar-refractivity contribution in [3.8, 4) is 22.4 Å². The van der Waals surface area contributed by atoms with Gasteiger partial charge in [0.2, 0.25) is 0 Å². The Morgan fingerprint density at radius 3 is 2.26 bits per heavy atom. The molecule has 2 aromatic carbocycles. The van der Waals surface area contributed by atoms with Crippen LogP contribution in [0, 0.1) is 24.2 Å². The summed E-state index contributed by atoms with van der Waals surface area (Å²) in [7, 11) is 0. The smallest absolute Gasteiger partial charge is 0.125 e. The Kier molecular flexibility index (Phi) is 9.74. The van der Waals surface area contributed by atoms with Crippen molar-refractivity contribution in [2.75, 3.05) is 0 Å². The molecule has 0 N–H and O–H groups in total. The highest BCUT2D eigenvalue weighted by molar-refractivity contribution is 5.80. The van der Waals surface area contributed by atoms with Crippen LogP contribution in [0.2, 0.25) is 0 Å². The van der Waals surface area contributed by atoms with Crippen LogP contribution in [0.15, 0.2) is 186 Å². The van der Waals surface area contributed by atoms with Gasteiger partial charge in [-0.05, 0) is 115 Å². The lowest BCUT2D eigenvalue weighted by Gasteiger charge is -2.50. The molecule has 0 saturated heterocycles. The monoisotopic (exact) mass is 743 g/mol. The minimum atomic E-state index is -0.201. The summed E-state index contributed by atoms with van der Waals surface area (Å²) in [6.45, 7) is 2.23. The Hall–Kier alpha value is -5.47. The number of nitrogens with zero attached hydrogens (tertiary/aromatic N) is 1. The molecule has 0 amide bonds. The molecule has 284 valence electrons. The molecule has 0 radical (unpaired) electrons. The molecule has 10 rings (SSSR count). The zero-order valence-corrected chi connectivity index (χ0v) is 33.2. The number of aromatic nitrogens is 1. The first-order chi connectivity index (χ1) is 28.2. The highest BCUT2D eigenvalue weighted by Gasteiger charge is 2.51.